The van der Waals surface area contributed by atoms with E-state index in [0.717, 1.165) is 125 Å². The van der Waals surface area contributed by atoms with E-state index in [1.165, 1.54) is 92.4 Å². The molecule has 6 aromatic rings. The largest absolute Gasteiger partial charge is 0.493 e. The van der Waals surface area contributed by atoms with Crippen molar-refractivity contribution in [3.05, 3.63) is 193 Å². The number of amides is 1. The number of nitrogens with zero attached hydrogens (tertiary/aromatic N) is 1. The Kier molecular flexibility index (Phi) is 26.0. The second kappa shape index (κ2) is 34.4. The van der Waals surface area contributed by atoms with E-state index in [1.807, 2.05) is 31.2 Å². The quantitative estimate of drug-likeness (QED) is 0.0578. The number of rotatable bonds is 17. The molecule has 3 saturated heterocycles. The van der Waals surface area contributed by atoms with Crippen molar-refractivity contribution in [1.82, 2.24) is 4.90 Å². The van der Waals surface area contributed by atoms with Crippen molar-refractivity contribution in [2.24, 2.45) is 23.7 Å². The molecule has 0 aliphatic carbocycles. The van der Waals surface area contributed by atoms with Gasteiger partial charge in [-0.15, -0.1) is 0 Å². The van der Waals surface area contributed by atoms with E-state index < -0.39 is 30.6 Å². The second-order valence-electron chi connectivity index (χ2n) is 28.2. The van der Waals surface area contributed by atoms with Gasteiger partial charge < -0.3 is 58.1 Å². The molecule has 99 heavy (non-hydrogen) atoms. The van der Waals surface area contributed by atoms with E-state index in [-0.39, 0.29) is 77.1 Å². The van der Waals surface area contributed by atoms with Gasteiger partial charge in [-0.1, -0.05) is 162 Å². The van der Waals surface area contributed by atoms with Gasteiger partial charge in [0.05, 0.1) is 38.1 Å². The minimum atomic E-state index is -1.44. The minimum absolute atomic E-state index is 0.0236. The fourth-order valence-corrected chi connectivity index (χ4v) is 16.0. The molecule has 15 atom stereocenters. The lowest BCUT2D eigenvalue weighted by atomic mass is 9.80. The third kappa shape index (κ3) is 18.0. The number of benzene rings is 6. The van der Waals surface area contributed by atoms with Crippen molar-refractivity contribution in [2.75, 3.05) is 26.4 Å². The first-order valence-electron chi connectivity index (χ1n) is 36.4. The summed E-state index contributed by atoms with van der Waals surface area (Å²) in [6, 6.07) is 38.9. The third-order valence-electron chi connectivity index (χ3n) is 21.1. The Bertz CT molecular complexity index is 3580. The van der Waals surface area contributed by atoms with E-state index in [4.69, 9.17) is 37.9 Å². The molecular weight excluding hydrogens is 1310 g/mol. The van der Waals surface area contributed by atoms with Gasteiger partial charge in [0.1, 0.15) is 58.9 Å². The number of hydrogen-bond acceptors (Lipinski definition) is 14. The number of carbonyl (C=O) groups is 3. The van der Waals surface area contributed by atoms with Gasteiger partial charge in [-0.25, -0.2) is 0 Å². The molecule has 12 rings (SSSR count). The molecule has 3 unspecified atom stereocenters. The van der Waals surface area contributed by atoms with Gasteiger partial charge in [-0.2, -0.15) is 0 Å². The number of ether oxygens (including phenoxy) is 8. The molecule has 0 bridgehead atoms. The number of halogens is 1. The predicted octanol–water partition coefficient (Wildman–Crippen LogP) is 14.9. The number of hydrogen-bond donors (Lipinski definition) is 3. The van der Waals surface area contributed by atoms with Crippen molar-refractivity contribution in [1.29, 1.82) is 0 Å². The number of carbonyl (C=O) groups excluding carboxylic acids is 3. The Balaban J connectivity index is 0.000000161. The topological polar surface area (TPSA) is 189 Å². The zero-order valence-corrected chi connectivity index (χ0v) is 61.8. The van der Waals surface area contributed by atoms with Crippen LogP contribution in [-0.2, 0) is 95.9 Å². The Morgan fingerprint density at radius 1 is 0.465 bits per heavy atom. The molecule has 6 aliphatic heterocycles. The molecule has 6 heterocycles. The van der Waals surface area contributed by atoms with Gasteiger partial charge in [0.15, 0.2) is 6.23 Å². The number of alkyl halides is 1. The summed E-state index contributed by atoms with van der Waals surface area (Å²) in [5.74, 6) is 2.70. The molecule has 1 amide bonds. The molecule has 3 fully saturated rings. The molecular formula is C83H106BrNO14. The van der Waals surface area contributed by atoms with Gasteiger partial charge in [0, 0.05) is 51.0 Å². The maximum absolute atomic E-state index is 12.2. The van der Waals surface area contributed by atoms with Crippen molar-refractivity contribution in [3.63, 3.8) is 0 Å². The number of esters is 2. The summed E-state index contributed by atoms with van der Waals surface area (Å²) in [7, 11) is 0. The minimum Gasteiger partial charge on any atom is -0.493 e. The van der Waals surface area contributed by atoms with Crippen LogP contribution in [0, 0.1) is 23.7 Å². The highest BCUT2D eigenvalue weighted by Gasteiger charge is 2.48. The first kappa shape index (κ1) is 75.0. The standard InChI is InChI=1S/C28H37NO6.C28H36O4.C27H33BrO4/c1-4-12-29(17(3)30)28-26(33)24(31)25(32)27(35-28)21-10-9-19(5-2)22(16-21)15-18-8-11-23-20(14-18)7-6-13-34-23;1-6-22-10-11-24(28-18(3)27(32-20(5)29)17(2)19(4)31-28)16-25(22)15-21-9-12-26-23(14-21)8-7-13-30-26;1-5-20-9-10-22(26-16(2)25(31-18(4)29)17(3)27(28)32-26)15-23(20)14-19-8-11-24-21(13-19)7-6-12-30-24/h8-11,14,16,24-28,31-33H,4-7,12-13,15H2,1-3H3;9-12,14,16-19,27-28H,6-8,13,15H2,1-5H3;8-11,13,15-17,25-27H,5-7,12,14H2,1-4H3/t24-,25-,26+,27+,28?;17-,18-,19?,27+,28-;16-,17+,25-,26-,27?/m111/s1. The molecule has 3 N–H and O–H groups in total. The molecule has 0 aromatic heterocycles. The van der Waals surface area contributed by atoms with Crippen LogP contribution < -0.4 is 14.2 Å². The summed E-state index contributed by atoms with van der Waals surface area (Å²) in [6.45, 7) is 26.1. The van der Waals surface area contributed by atoms with Gasteiger partial charge >= 0.3 is 11.9 Å². The Labute approximate surface area is 595 Å². The van der Waals surface area contributed by atoms with Crippen LogP contribution >= 0.6 is 15.9 Å². The first-order valence-corrected chi connectivity index (χ1v) is 37.3. The number of aryl methyl sites for hydroxylation is 6. The molecule has 0 radical (unpaired) electrons. The molecule has 16 heteroatoms. The summed E-state index contributed by atoms with van der Waals surface area (Å²) < 4.78 is 47.7. The molecule has 0 saturated carbocycles. The van der Waals surface area contributed by atoms with Crippen LogP contribution in [0.15, 0.2) is 109 Å². The maximum Gasteiger partial charge on any atom is 0.302 e. The Morgan fingerprint density at radius 2 is 0.859 bits per heavy atom. The van der Waals surface area contributed by atoms with Crippen molar-refractivity contribution < 1.29 is 67.6 Å². The lowest BCUT2D eigenvalue weighted by Gasteiger charge is -2.45. The summed E-state index contributed by atoms with van der Waals surface area (Å²) in [5.41, 5.74) is 18.4. The summed E-state index contributed by atoms with van der Waals surface area (Å²) in [6.07, 6.45) is 5.77. The summed E-state index contributed by atoms with van der Waals surface area (Å²) in [5, 5.41) is 31.9. The van der Waals surface area contributed by atoms with Crippen LogP contribution in [0.5, 0.6) is 17.2 Å². The Hall–Kier alpha value is -6.63. The van der Waals surface area contributed by atoms with E-state index in [2.05, 4.69) is 156 Å². The highest BCUT2D eigenvalue weighted by molar-refractivity contribution is 9.09. The number of aliphatic hydroxyl groups is 3. The van der Waals surface area contributed by atoms with Crippen molar-refractivity contribution >= 4 is 33.8 Å². The van der Waals surface area contributed by atoms with E-state index >= 15 is 0 Å². The number of aliphatic hydroxyl groups excluding tert-OH is 3. The van der Waals surface area contributed by atoms with Crippen molar-refractivity contribution in [2.45, 2.75) is 233 Å². The van der Waals surface area contributed by atoms with E-state index in [0.29, 0.717) is 18.5 Å². The predicted molar refractivity (Wildman–Crippen MR) is 388 cm³/mol. The van der Waals surface area contributed by atoms with Crippen LogP contribution in [0.3, 0.4) is 0 Å². The Morgan fingerprint density at radius 3 is 1.24 bits per heavy atom. The van der Waals surface area contributed by atoms with Crippen LogP contribution in [0.1, 0.15) is 211 Å². The molecule has 6 aliphatic rings. The maximum atomic E-state index is 12.2. The highest BCUT2D eigenvalue weighted by atomic mass is 79.9. The van der Waals surface area contributed by atoms with Crippen LogP contribution in [0.2, 0.25) is 0 Å². The summed E-state index contributed by atoms with van der Waals surface area (Å²) in [4.78, 5) is 37.1. The molecule has 15 nitrogen and oxygen atoms in total. The monoisotopic (exact) mass is 1420 g/mol. The van der Waals surface area contributed by atoms with Gasteiger partial charge in [-0.3, -0.25) is 14.4 Å². The lowest BCUT2D eigenvalue weighted by molar-refractivity contribution is -0.259. The average molecular weight is 1420 g/mol. The zero-order chi connectivity index (χ0) is 70.8. The average Bonchev–Trinajstić information content (AvgIpc) is 0.794. The normalized spacial score (nSPS) is 26.9. The van der Waals surface area contributed by atoms with E-state index in [1.54, 1.807) is 0 Å². The van der Waals surface area contributed by atoms with Crippen LogP contribution in [0.4, 0.5) is 0 Å². The summed E-state index contributed by atoms with van der Waals surface area (Å²) >= 11 is 3.66. The molecule has 0 spiro atoms. The fraction of sp³-hybridized carbons (Fsp3) is 0.530. The molecule has 6 aromatic carbocycles. The molecule has 534 valence electrons. The highest BCUT2D eigenvalue weighted by Crippen LogP contribution is 2.45. The van der Waals surface area contributed by atoms with Crippen molar-refractivity contribution in [3.8, 4) is 17.2 Å². The zero-order valence-electron chi connectivity index (χ0n) is 60.2. The SMILES string of the molecule is CCCN(C(C)=O)C1O[C@@H](c2ccc(CC)c(Cc3ccc4c(c3)CCCO4)c2)[C@H](O)[C@@H](O)[C@@H]1O.CCc1ccc([C@@H]2OC(Br)[C@@H](C)[C@H](OC(C)=O)[C@H]2C)cc1Cc1ccc2c(c1)CCCO2.CCc1ccc([C@@H]2OC(C)[C@@H](C)[C@H](OC(C)=O)[C@H]2C)cc1Cc1ccc2c(c1)CCCO2. The number of fused-ring (bicyclic) bond motifs is 3. The van der Waals surface area contributed by atoms with Gasteiger partial charge in [-0.05, 0) is 192 Å². The van der Waals surface area contributed by atoms with E-state index in [9.17, 15) is 29.7 Å². The smallest absolute Gasteiger partial charge is 0.302 e. The van der Waals surface area contributed by atoms with Crippen LogP contribution in [-0.4, -0.2) is 112 Å². The first-order chi connectivity index (χ1) is 47.6. The van der Waals surface area contributed by atoms with Crippen LogP contribution in [0.25, 0.3) is 0 Å². The van der Waals surface area contributed by atoms with Gasteiger partial charge in [0.25, 0.3) is 0 Å². The van der Waals surface area contributed by atoms with Gasteiger partial charge in [0.2, 0.25) is 5.91 Å². The second-order valence-corrected chi connectivity index (χ2v) is 29.1. The lowest BCUT2D eigenvalue weighted by Crippen LogP contribution is -2.60. The third-order valence-corrected chi connectivity index (χ3v) is 22.2. The fourth-order valence-electron chi connectivity index (χ4n) is 15.5.